The minimum atomic E-state index is 0.103. The van der Waals surface area contributed by atoms with E-state index in [1.807, 2.05) is 42.3 Å². The average molecular weight is 386 g/mol. The molecule has 0 saturated carbocycles. The Morgan fingerprint density at radius 2 is 2.03 bits per heavy atom. The lowest BCUT2D eigenvalue weighted by atomic mass is 9.97. The SMILES string of the molecule is CC(=O)N1CCc2c(c(-c3cccc4cc(-c5cnn(C)c5)ncc34)nn2C)C1. The van der Waals surface area contributed by atoms with Gasteiger partial charge in [0.25, 0.3) is 0 Å². The molecular weight excluding hydrogens is 364 g/mol. The van der Waals surface area contributed by atoms with Crippen molar-refractivity contribution in [2.45, 2.75) is 19.9 Å². The smallest absolute Gasteiger partial charge is 0.219 e. The number of carbonyl (C=O) groups is 1. The molecule has 4 heterocycles. The van der Waals surface area contributed by atoms with Gasteiger partial charge in [-0.1, -0.05) is 18.2 Å². The van der Waals surface area contributed by atoms with Gasteiger partial charge in [0.2, 0.25) is 5.91 Å². The number of aryl methyl sites for hydroxylation is 2. The molecule has 146 valence electrons. The van der Waals surface area contributed by atoms with Crippen molar-refractivity contribution >= 4 is 16.7 Å². The first-order valence-electron chi connectivity index (χ1n) is 9.69. The van der Waals surface area contributed by atoms with Crippen LogP contribution in [0.15, 0.2) is 42.9 Å². The number of rotatable bonds is 2. The van der Waals surface area contributed by atoms with E-state index in [1.165, 1.54) is 5.69 Å². The van der Waals surface area contributed by atoms with E-state index in [0.29, 0.717) is 6.54 Å². The van der Waals surface area contributed by atoms with Crippen LogP contribution < -0.4 is 0 Å². The van der Waals surface area contributed by atoms with Crippen LogP contribution in [0.3, 0.4) is 0 Å². The predicted molar refractivity (Wildman–Crippen MR) is 111 cm³/mol. The molecule has 1 aromatic carbocycles. The van der Waals surface area contributed by atoms with E-state index in [9.17, 15) is 4.79 Å². The van der Waals surface area contributed by atoms with Crippen molar-refractivity contribution in [1.29, 1.82) is 0 Å². The molecule has 0 saturated heterocycles. The highest BCUT2D eigenvalue weighted by Gasteiger charge is 2.26. The standard InChI is InChI=1S/C22H22N6O/c1-14(29)28-8-7-21-19(13-28)22(25-27(21)3)17-6-4-5-15-9-20(23-11-18(15)17)16-10-24-26(2)12-16/h4-6,9-12H,7-8,13H2,1-3H3. The lowest BCUT2D eigenvalue weighted by Gasteiger charge is -2.26. The number of nitrogens with zero attached hydrogens (tertiary/aromatic N) is 6. The number of aromatic nitrogens is 5. The van der Waals surface area contributed by atoms with Crippen LogP contribution >= 0.6 is 0 Å². The van der Waals surface area contributed by atoms with Crippen LogP contribution in [0, 0.1) is 0 Å². The second-order valence-corrected chi connectivity index (χ2v) is 7.59. The summed E-state index contributed by atoms with van der Waals surface area (Å²) in [4.78, 5) is 18.5. The van der Waals surface area contributed by atoms with Crippen LogP contribution in [0.5, 0.6) is 0 Å². The highest BCUT2D eigenvalue weighted by atomic mass is 16.2. The lowest BCUT2D eigenvalue weighted by molar-refractivity contribution is -0.129. The molecule has 0 spiro atoms. The normalized spacial score (nSPS) is 13.7. The van der Waals surface area contributed by atoms with E-state index in [2.05, 4.69) is 34.3 Å². The van der Waals surface area contributed by atoms with Crippen LogP contribution in [0.25, 0.3) is 33.3 Å². The molecule has 0 aliphatic carbocycles. The zero-order chi connectivity index (χ0) is 20.1. The second kappa shape index (κ2) is 6.55. The molecule has 0 bridgehead atoms. The van der Waals surface area contributed by atoms with Crippen molar-refractivity contribution in [2.75, 3.05) is 6.54 Å². The fourth-order valence-corrected chi connectivity index (χ4v) is 4.17. The highest BCUT2D eigenvalue weighted by Crippen LogP contribution is 2.34. The molecule has 29 heavy (non-hydrogen) atoms. The maximum absolute atomic E-state index is 11.9. The van der Waals surface area contributed by atoms with Gasteiger partial charge < -0.3 is 4.90 Å². The van der Waals surface area contributed by atoms with Gasteiger partial charge in [0.15, 0.2) is 0 Å². The average Bonchev–Trinajstić information content (AvgIpc) is 3.30. The lowest BCUT2D eigenvalue weighted by Crippen LogP contribution is -2.34. The minimum Gasteiger partial charge on any atom is -0.338 e. The first-order chi connectivity index (χ1) is 14.0. The molecule has 0 unspecified atom stereocenters. The van der Waals surface area contributed by atoms with E-state index >= 15 is 0 Å². The van der Waals surface area contributed by atoms with Gasteiger partial charge in [-0.3, -0.25) is 19.1 Å². The number of hydrogen-bond donors (Lipinski definition) is 0. The molecule has 4 aromatic rings. The minimum absolute atomic E-state index is 0.103. The molecule has 7 nitrogen and oxygen atoms in total. The zero-order valence-electron chi connectivity index (χ0n) is 16.8. The maximum atomic E-state index is 11.9. The molecule has 0 fully saturated rings. The monoisotopic (exact) mass is 386 g/mol. The Bertz CT molecular complexity index is 1250. The number of benzene rings is 1. The summed E-state index contributed by atoms with van der Waals surface area (Å²) >= 11 is 0. The molecule has 0 N–H and O–H groups in total. The van der Waals surface area contributed by atoms with Crippen molar-refractivity contribution in [3.05, 3.63) is 54.1 Å². The van der Waals surface area contributed by atoms with Crippen LogP contribution in [0.4, 0.5) is 0 Å². The quantitative estimate of drug-likeness (QED) is 0.531. The van der Waals surface area contributed by atoms with Gasteiger partial charge in [-0.15, -0.1) is 0 Å². The Kier molecular flexibility index (Phi) is 3.97. The van der Waals surface area contributed by atoms with Crippen molar-refractivity contribution < 1.29 is 4.79 Å². The van der Waals surface area contributed by atoms with Gasteiger partial charge in [-0.2, -0.15) is 10.2 Å². The van der Waals surface area contributed by atoms with Crippen LogP contribution in [-0.4, -0.2) is 41.9 Å². The number of pyridine rings is 1. The summed E-state index contributed by atoms with van der Waals surface area (Å²) in [5, 5.41) is 11.2. The third-order valence-electron chi connectivity index (χ3n) is 5.71. The van der Waals surface area contributed by atoms with Gasteiger partial charge in [-0.25, -0.2) is 0 Å². The van der Waals surface area contributed by atoms with E-state index < -0.39 is 0 Å². The summed E-state index contributed by atoms with van der Waals surface area (Å²) in [7, 11) is 3.88. The number of fused-ring (bicyclic) bond motifs is 2. The summed E-state index contributed by atoms with van der Waals surface area (Å²) < 4.78 is 3.73. The van der Waals surface area contributed by atoms with E-state index in [4.69, 9.17) is 5.10 Å². The summed E-state index contributed by atoms with van der Waals surface area (Å²) in [6.07, 6.45) is 6.53. The number of carbonyl (C=O) groups excluding carboxylic acids is 1. The Labute approximate surface area is 168 Å². The third-order valence-corrected chi connectivity index (χ3v) is 5.71. The molecule has 1 aliphatic heterocycles. The summed E-state index contributed by atoms with van der Waals surface area (Å²) in [6.45, 7) is 2.97. The fraction of sp³-hybridized carbons (Fsp3) is 0.273. The van der Waals surface area contributed by atoms with Crippen LogP contribution in [-0.2, 0) is 31.9 Å². The van der Waals surface area contributed by atoms with E-state index in [1.54, 1.807) is 11.6 Å². The van der Waals surface area contributed by atoms with Gasteiger partial charge in [0.1, 0.15) is 0 Å². The third kappa shape index (κ3) is 2.90. The first-order valence-corrected chi connectivity index (χ1v) is 9.69. The molecular formula is C22H22N6O. The summed E-state index contributed by atoms with van der Waals surface area (Å²) in [6, 6.07) is 8.32. The molecule has 5 rings (SSSR count). The largest absolute Gasteiger partial charge is 0.338 e. The summed E-state index contributed by atoms with van der Waals surface area (Å²) in [5.74, 6) is 0.103. The molecule has 7 heteroatoms. The van der Waals surface area contributed by atoms with E-state index in [0.717, 1.165) is 51.8 Å². The Morgan fingerprint density at radius 3 is 2.79 bits per heavy atom. The molecule has 3 aromatic heterocycles. The van der Waals surface area contributed by atoms with Gasteiger partial charge in [-0.05, 0) is 11.5 Å². The van der Waals surface area contributed by atoms with Gasteiger partial charge >= 0.3 is 0 Å². The molecule has 0 atom stereocenters. The Hall–Kier alpha value is -3.48. The number of amides is 1. The van der Waals surface area contributed by atoms with Crippen molar-refractivity contribution in [1.82, 2.24) is 29.4 Å². The maximum Gasteiger partial charge on any atom is 0.219 e. The van der Waals surface area contributed by atoms with Gasteiger partial charge in [0, 0.05) is 80.7 Å². The van der Waals surface area contributed by atoms with Crippen molar-refractivity contribution in [3.63, 3.8) is 0 Å². The van der Waals surface area contributed by atoms with Crippen LogP contribution in [0.1, 0.15) is 18.2 Å². The zero-order valence-corrected chi connectivity index (χ0v) is 16.8. The molecule has 1 aliphatic rings. The Balaban J connectivity index is 1.64. The number of hydrogen-bond acceptors (Lipinski definition) is 4. The Morgan fingerprint density at radius 1 is 1.17 bits per heavy atom. The van der Waals surface area contributed by atoms with Gasteiger partial charge in [0.05, 0.1) is 17.6 Å². The van der Waals surface area contributed by atoms with E-state index in [-0.39, 0.29) is 5.91 Å². The predicted octanol–water partition coefficient (Wildman–Crippen LogP) is 2.94. The van der Waals surface area contributed by atoms with Crippen molar-refractivity contribution in [2.24, 2.45) is 14.1 Å². The summed E-state index contributed by atoms with van der Waals surface area (Å²) in [5.41, 5.74) is 6.22. The first kappa shape index (κ1) is 17.6. The van der Waals surface area contributed by atoms with Crippen molar-refractivity contribution in [3.8, 4) is 22.5 Å². The topological polar surface area (TPSA) is 68.8 Å². The molecule has 1 amide bonds. The second-order valence-electron chi connectivity index (χ2n) is 7.59. The fourth-order valence-electron chi connectivity index (χ4n) is 4.17. The highest BCUT2D eigenvalue weighted by molar-refractivity contribution is 5.97. The molecule has 0 radical (unpaired) electrons. The van der Waals surface area contributed by atoms with Crippen LogP contribution in [0.2, 0.25) is 0 Å².